The highest BCUT2D eigenvalue weighted by Gasteiger charge is 2.11. The first kappa shape index (κ1) is 15.0. The highest BCUT2D eigenvalue weighted by molar-refractivity contribution is 5.92. The van der Waals surface area contributed by atoms with Crippen LogP contribution >= 0.6 is 0 Å². The van der Waals surface area contributed by atoms with Gasteiger partial charge in [0.05, 0.1) is 18.2 Å². The van der Waals surface area contributed by atoms with Crippen molar-refractivity contribution in [1.82, 2.24) is 0 Å². The SMILES string of the molecule is N#Cc1ccc(F)c(CN=C(N)Nc2ccc3c(c2)CCC3)c1. The average Bonchev–Trinajstić information content (AvgIpc) is 3.02. The highest BCUT2D eigenvalue weighted by Crippen LogP contribution is 2.24. The molecule has 0 fully saturated rings. The summed E-state index contributed by atoms with van der Waals surface area (Å²) in [5.41, 5.74) is 10.2. The Morgan fingerprint density at radius 1 is 1.22 bits per heavy atom. The fourth-order valence-electron chi connectivity index (χ4n) is 2.77. The van der Waals surface area contributed by atoms with Gasteiger partial charge in [-0.3, -0.25) is 0 Å². The molecule has 2 aromatic rings. The van der Waals surface area contributed by atoms with Crippen molar-refractivity contribution in [3.63, 3.8) is 0 Å². The van der Waals surface area contributed by atoms with Crippen LogP contribution < -0.4 is 11.1 Å². The molecule has 3 N–H and O–H groups in total. The molecule has 0 saturated carbocycles. The van der Waals surface area contributed by atoms with E-state index in [1.807, 2.05) is 12.1 Å². The van der Waals surface area contributed by atoms with Crippen LogP contribution in [0.25, 0.3) is 0 Å². The summed E-state index contributed by atoms with van der Waals surface area (Å²) in [6, 6.07) is 12.3. The topological polar surface area (TPSA) is 74.2 Å². The number of nitrogens with zero attached hydrogens (tertiary/aromatic N) is 2. The van der Waals surface area contributed by atoms with Crippen LogP contribution in [0.4, 0.5) is 10.1 Å². The lowest BCUT2D eigenvalue weighted by Crippen LogP contribution is -2.22. The van der Waals surface area contributed by atoms with Gasteiger partial charge < -0.3 is 11.1 Å². The van der Waals surface area contributed by atoms with Gasteiger partial charge in [-0.2, -0.15) is 5.26 Å². The quantitative estimate of drug-likeness (QED) is 0.676. The second-order valence-corrected chi connectivity index (χ2v) is 5.58. The summed E-state index contributed by atoms with van der Waals surface area (Å²) in [5, 5.41) is 11.9. The Balaban J connectivity index is 1.70. The number of nitrogens with two attached hydrogens (primary N) is 1. The van der Waals surface area contributed by atoms with E-state index in [1.54, 1.807) is 0 Å². The van der Waals surface area contributed by atoms with Crippen LogP contribution in [-0.4, -0.2) is 5.96 Å². The van der Waals surface area contributed by atoms with E-state index in [9.17, 15) is 4.39 Å². The van der Waals surface area contributed by atoms with Crippen molar-refractivity contribution >= 4 is 11.6 Å². The van der Waals surface area contributed by atoms with Crippen LogP contribution in [0.5, 0.6) is 0 Å². The molecule has 0 saturated heterocycles. The molecule has 3 rings (SSSR count). The molecule has 0 aromatic heterocycles. The molecule has 0 heterocycles. The number of guanidine groups is 1. The molecule has 5 heteroatoms. The van der Waals surface area contributed by atoms with E-state index in [1.165, 1.54) is 35.7 Å². The monoisotopic (exact) mass is 308 g/mol. The van der Waals surface area contributed by atoms with Gasteiger partial charge in [0.1, 0.15) is 5.82 Å². The number of aliphatic imine (C=N–C) groups is 1. The van der Waals surface area contributed by atoms with E-state index in [2.05, 4.69) is 22.4 Å². The molecular weight excluding hydrogens is 291 g/mol. The minimum Gasteiger partial charge on any atom is -0.370 e. The zero-order valence-electron chi connectivity index (χ0n) is 12.6. The predicted octanol–water partition coefficient (Wildman–Crippen LogP) is 3.11. The Labute approximate surface area is 134 Å². The summed E-state index contributed by atoms with van der Waals surface area (Å²) in [7, 11) is 0. The molecule has 23 heavy (non-hydrogen) atoms. The maximum atomic E-state index is 13.7. The molecule has 0 amide bonds. The third kappa shape index (κ3) is 3.49. The van der Waals surface area contributed by atoms with Crippen LogP contribution in [0.15, 0.2) is 41.4 Å². The Hall–Kier alpha value is -2.87. The van der Waals surface area contributed by atoms with Crippen molar-refractivity contribution in [2.75, 3.05) is 5.32 Å². The summed E-state index contributed by atoms with van der Waals surface area (Å²) in [5.74, 6) is -0.164. The van der Waals surface area contributed by atoms with E-state index in [0.29, 0.717) is 11.1 Å². The number of aryl methyl sites for hydroxylation is 2. The van der Waals surface area contributed by atoms with Crippen LogP contribution in [0.1, 0.15) is 28.7 Å². The van der Waals surface area contributed by atoms with Crippen LogP contribution in [0.2, 0.25) is 0 Å². The Kier molecular flexibility index (Phi) is 4.24. The van der Waals surface area contributed by atoms with Gasteiger partial charge >= 0.3 is 0 Å². The number of benzene rings is 2. The molecule has 4 nitrogen and oxygen atoms in total. The third-order valence-corrected chi connectivity index (χ3v) is 3.97. The number of rotatable bonds is 3. The van der Waals surface area contributed by atoms with Crippen LogP contribution in [-0.2, 0) is 19.4 Å². The smallest absolute Gasteiger partial charge is 0.193 e. The number of hydrogen-bond donors (Lipinski definition) is 2. The zero-order valence-corrected chi connectivity index (χ0v) is 12.6. The summed E-state index contributed by atoms with van der Waals surface area (Å²) < 4.78 is 13.7. The molecule has 0 atom stereocenters. The Morgan fingerprint density at radius 2 is 2.04 bits per heavy atom. The lowest BCUT2D eigenvalue weighted by Gasteiger charge is -2.08. The van der Waals surface area contributed by atoms with Crippen molar-refractivity contribution in [1.29, 1.82) is 5.26 Å². The van der Waals surface area contributed by atoms with Crippen molar-refractivity contribution in [2.24, 2.45) is 10.7 Å². The lowest BCUT2D eigenvalue weighted by molar-refractivity contribution is 0.610. The van der Waals surface area contributed by atoms with Gasteiger partial charge in [-0.1, -0.05) is 6.07 Å². The minimum atomic E-state index is -0.391. The van der Waals surface area contributed by atoms with Gasteiger partial charge in [0, 0.05) is 11.3 Å². The van der Waals surface area contributed by atoms with Gasteiger partial charge in [-0.25, -0.2) is 9.38 Å². The number of nitrogens with one attached hydrogen (secondary N) is 1. The predicted molar refractivity (Wildman–Crippen MR) is 88.5 cm³/mol. The second-order valence-electron chi connectivity index (χ2n) is 5.58. The van der Waals surface area contributed by atoms with Crippen molar-refractivity contribution < 1.29 is 4.39 Å². The van der Waals surface area contributed by atoms with E-state index < -0.39 is 5.82 Å². The van der Waals surface area contributed by atoms with Gasteiger partial charge in [-0.15, -0.1) is 0 Å². The third-order valence-electron chi connectivity index (χ3n) is 3.97. The van der Waals surface area contributed by atoms with Crippen LogP contribution in [0, 0.1) is 17.1 Å². The highest BCUT2D eigenvalue weighted by atomic mass is 19.1. The number of hydrogen-bond acceptors (Lipinski definition) is 2. The largest absolute Gasteiger partial charge is 0.370 e. The van der Waals surface area contributed by atoms with E-state index >= 15 is 0 Å². The molecule has 2 aromatic carbocycles. The average molecular weight is 308 g/mol. The van der Waals surface area contributed by atoms with Crippen molar-refractivity contribution in [3.05, 3.63) is 64.5 Å². The van der Waals surface area contributed by atoms with Crippen molar-refractivity contribution in [3.8, 4) is 6.07 Å². The van der Waals surface area contributed by atoms with Crippen molar-refractivity contribution in [2.45, 2.75) is 25.8 Å². The zero-order chi connectivity index (χ0) is 16.2. The molecule has 0 spiro atoms. The lowest BCUT2D eigenvalue weighted by atomic mass is 10.1. The summed E-state index contributed by atoms with van der Waals surface area (Å²) >= 11 is 0. The summed E-state index contributed by atoms with van der Waals surface area (Å²) in [4.78, 5) is 4.15. The molecule has 0 radical (unpaired) electrons. The molecular formula is C18H17FN4. The molecule has 0 aliphatic heterocycles. The van der Waals surface area contributed by atoms with Crippen LogP contribution in [0.3, 0.4) is 0 Å². The molecule has 0 bridgehead atoms. The Bertz CT molecular complexity index is 805. The van der Waals surface area contributed by atoms with E-state index in [-0.39, 0.29) is 12.5 Å². The minimum absolute atomic E-state index is 0.0884. The van der Waals surface area contributed by atoms with E-state index in [4.69, 9.17) is 11.0 Å². The maximum absolute atomic E-state index is 13.7. The van der Waals surface area contributed by atoms with Gasteiger partial charge in [-0.05, 0) is 60.7 Å². The van der Waals surface area contributed by atoms with E-state index in [0.717, 1.165) is 18.5 Å². The number of halogens is 1. The van der Waals surface area contributed by atoms with Gasteiger partial charge in [0.25, 0.3) is 0 Å². The fraction of sp³-hybridized carbons (Fsp3) is 0.222. The Morgan fingerprint density at radius 3 is 2.87 bits per heavy atom. The molecule has 116 valence electrons. The maximum Gasteiger partial charge on any atom is 0.193 e. The van der Waals surface area contributed by atoms with Gasteiger partial charge in [0.15, 0.2) is 5.96 Å². The molecule has 1 aliphatic rings. The van der Waals surface area contributed by atoms with Gasteiger partial charge in [0.2, 0.25) is 0 Å². The normalized spacial score (nSPS) is 13.5. The standard InChI is InChI=1S/C18H17FN4/c19-17-7-4-12(10-20)8-15(17)11-22-18(21)23-16-6-5-13-2-1-3-14(13)9-16/h4-9H,1-3,11H2,(H3,21,22,23). The number of fused-ring (bicyclic) bond motifs is 1. The number of nitriles is 1. The second kappa shape index (κ2) is 6.49. The summed E-state index contributed by atoms with van der Waals surface area (Å²) in [6.07, 6.45) is 3.42. The summed E-state index contributed by atoms with van der Waals surface area (Å²) in [6.45, 7) is 0.0884. The number of anilines is 1. The first-order valence-electron chi connectivity index (χ1n) is 7.53. The molecule has 1 aliphatic carbocycles. The first-order valence-corrected chi connectivity index (χ1v) is 7.53. The first-order chi connectivity index (χ1) is 11.2. The fourth-order valence-corrected chi connectivity index (χ4v) is 2.77. The molecule has 0 unspecified atom stereocenters.